The molecule has 0 aliphatic carbocycles. The second-order valence-corrected chi connectivity index (χ2v) is 6.27. The Balaban J connectivity index is 5.39. The number of hydrogen-bond acceptors (Lipinski definition) is 5. The lowest BCUT2D eigenvalue weighted by Crippen LogP contribution is -2.61. The summed E-state index contributed by atoms with van der Waals surface area (Å²) in [4.78, 5) is 24.9. The van der Waals surface area contributed by atoms with E-state index in [0.717, 1.165) is 19.3 Å². The van der Waals surface area contributed by atoms with Gasteiger partial charge in [0.15, 0.2) is 0 Å². The van der Waals surface area contributed by atoms with Crippen molar-refractivity contribution in [2.24, 2.45) is 0 Å². The second kappa shape index (κ2) is 9.79. The average molecular weight is 318 g/mol. The minimum atomic E-state index is -1.70. The van der Waals surface area contributed by atoms with E-state index in [1.165, 1.54) is 0 Å². The quantitative estimate of drug-likeness (QED) is 0.251. The number of hydrogen-bond donors (Lipinski definition) is 0. The molecule has 6 heteroatoms. The lowest BCUT2D eigenvalue weighted by Gasteiger charge is -2.35. The predicted molar refractivity (Wildman–Crippen MR) is 84.4 cm³/mol. The third kappa shape index (κ3) is 6.75. The van der Waals surface area contributed by atoms with Gasteiger partial charge in [-0.25, -0.2) is 9.59 Å². The summed E-state index contributed by atoms with van der Waals surface area (Å²) in [7, 11) is 5.67. The number of quaternary nitrogens is 1. The molecular weight excluding hydrogens is 286 g/mol. The van der Waals surface area contributed by atoms with E-state index in [4.69, 9.17) is 14.2 Å². The maximum absolute atomic E-state index is 12.5. The molecule has 130 valence electrons. The molecule has 6 nitrogen and oxygen atoms in total. The summed E-state index contributed by atoms with van der Waals surface area (Å²) in [6, 6.07) is 0. The summed E-state index contributed by atoms with van der Waals surface area (Å²) >= 11 is 0. The van der Waals surface area contributed by atoms with Crippen LogP contribution >= 0.6 is 0 Å². The molecule has 0 saturated carbocycles. The van der Waals surface area contributed by atoms with Crippen LogP contribution in [0.1, 0.15) is 40.0 Å². The highest BCUT2D eigenvalue weighted by atomic mass is 16.6. The monoisotopic (exact) mass is 318 g/mol. The maximum atomic E-state index is 12.5. The molecule has 0 spiro atoms. The van der Waals surface area contributed by atoms with Crippen LogP contribution in [0.3, 0.4) is 0 Å². The molecule has 0 N–H and O–H groups in total. The van der Waals surface area contributed by atoms with Crippen LogP contribution in [-0.2, 0) is 23.8 Å². The largest absolute Gasteiger partial charge is 0.463 e. The van der Waals surface area contributed by atoms with E-state index in [1.54, 1.807) is 13.8 Å². The van der Waals surface area contributed by atoms with Crippen molar-refractivity contribution < 1.29 is 28.3 Å². The van der Waals surface area contributed by atoms with E-state index in [9.17, 15) is 9.59 Å². The minimum absolute atomic E-state index is 0.163. The van der Waals surface area contributed by atoms with E-state index in [2.05, 4.69) is 6.92 Å². The van der Waals surface area contributed by atoms with Crippen LogP contribution in [-0.4, -0.2) is 69.5 Å². The SMILES string of the molecule is CCCCCOC(C[N+](C)(C)C)(C(=O)OCC)C(=O)OCC. The van der Waals surface area contributed by atoms with Crippen LogP contribution in [0, 0.1) is 0 Å². The number of unbranched alkanes of at least 4 members (excludes halogenated alkanes) is 2. The number of nitrogens with zero attached hydrogens (tertiary/aromatic N) is 1. The highest BCUT2D eigenvalue weighted by Crippen LogP contribution is 2.21. The van der Waals surface area contributed by atoms with E-state index in [0.29, 0.717) is 11.1 Å². The van der Waals surface area contributed by atoms with E-state index < -0.39 is 17.5 Å². The molecule has 22 heavy (non-hydrogen) atoms. The zero-order valence-corrected chi connectivity index (χ0v) is 14.9. The van der Waals surface area contributed by atoms with E-state index in [-0.39, 0.29) is 19.8 Å². The normalized spacial score (nSPS) is 12.1. The highest BCUT2D eigenvalue weighted by Gasteiger charge is 2.54. The Hall–Kier alpha value is -1.14. The number of ether oxygens (including phenoxy) is 3. The van der Waals surface area contributed by atoms with Gasteiger partial charge >= 0.3 is 17.5 Å². The summed E-state index contributed by atoms with van der Waals surface area (Å²) in [6.07, 6.45) is 2.80. The van der Waals surface area contributed by atoms with Crippen molar-refractivity contribution in [3.05, 3.63) is 0 Å². The van der Waals surface area contributed by atoms with Crippen molar-refractivity contribution in [2.75, 3.05) is 47.5 Å². The maximum Gasteiger partial charge on any atom is 0.356 e. The molecule has 0 atom stereocenters. The molecule has 0 aromatic carbocycles. The molecule has 0 unspecified atom stereocenters. The predicted octanol–water partition coefficient (Wildman–Crippen LogP) is 1.76. The topological polar surface area (TPSA) is 61.8 Å². The third-order valence-corrected chi connectivity index (χ3v) is 3.00. The van der Waals surface area contributed by atoms with Gasteiger partial charge in [-0.15, -0.1) is 0 Å². The number of carbonyl (C=O) groups is 2. The Morgan fingerprint density at radius 3 is 1.77 bits per heavy atom. The van der Waals surface area contributed by atoms with Gasteiger partial charge in [0.2, 0.25) is 0 Å². The number of rotatable bonds is 11. The summed E-state index contributed by atoms with van der Waals surface area (Å²) in [5.74, 6) is -1.34. The summed E-state index contributed by atoms with van der Waals surface area (Å²) in [5, 5.41) is 0. The fraction of sp³-hybridized carbons (Fsp3) is 0.875. The number of carbonyl (C=O) groups excluding carboxylic acids is 2. The Morgan fingerprint density at radius 2 is 1.41 bits per heavy atom. The van der Waals surface area contributed by atoms with Gasteiger partial charge in [-0.05, 0) is 20.3 Å². The van der Waals surface area contributed by atoms with Gasteiger partial charge in [0.1, 0.15) is 6.54 Å². The fourth-order valence-corrected chi connectivity index (χ4v) is 2.14. The summed E-state index contributed by atoms with van der Waals surface area (Å²) in [5.41, 5.74) is -1.70. The van der Waals surface area contributed by atoms with E-state index in [1.807, 2.05) is 21.1 Å². The number of esters is 2. The van der Waals surface area contributed by atoms with Crippen molar-refractivity contribution in [3.8, 4) is 0 Å². The smallest absolute Gasteiger partial charge is 0.356 e. The van der Waals surface area contributed by atoms with Crippen LogP contribution < -0.4 is 0 Å². The average Bonchev–Trinajstić information content (AvgIpc) is 2.41. The zero-order valence-electron chi connectivity index (χ0n) is 14.9. The molecule has 0 radical (unpaired) electrons. The van der Waals surface area contributed by atoms with Crippen LogP contribution in [0.2, 0.25) is 0 Å². The molecule has 0 heterocycles. The third-order valence-electron chi connectivity index (χ3n) is 3.00. The molecule has 0 rings (SSSR count). The zero-order chi connectivity index (χ0) is 17.2. The van der Waals surface area contributed by atoms with Gasteiger partial charge in [-0.3, -0.25) is 0 Å². The second-order valence-electron chi connectivity index (χ2n) is 6.27. The molecule has 0 saturated heterocycles. The Morgan fingerprint density at radius 1 is 0.909 bits per heavy atom. The first-order chi connectivity index (χ1) is 10.2. The van der Waals surface area contributed by atoms with Crippen LogP contribution in [0.5, 0.6) is 0 Å². The molecule has 0 amide bonds. The first-order valence-corrected chi connectivity index (χ1v) is 8.02. The first kappa shape index (κ1) is 20.9. The molecule has 0 aromatic rings. The Kier molecular flexibility index (Phi) is 9.28. The summed E-state index contributed by atoms with van der Waals surface area (Å²) in [6.45, 7) is 6.36. The van der Waals surface area contributed by atoms with E-state index >= 15 is 0 Å². The Bertz CT molecular complexity index is 331. The van der Waals surface area contributed by atoms with Gasteiger partial charge in [-0.1, -0.05) is 19.8 Å². The van der Waals surface area contributed by atoms with Gasteiger partial charge in [0, 0.05) is 6.61 Å². The molecule has 0 aliphatic rings. The van der Waals surface area contributed by atoms with Gasteiger partial charge in [-0.2, -0.15) is 0 Å². The van der Waals surface area contributed by atoms with Gasteiger partial charge in [0.05, 0.1) is 34.4 Å². The minimum Gasteiger partial charge on any atom is -0.463 e. The summed E-state index contributed by atoms with van der Waals surface area (Å²) < 4.78 is 16.4. The van der Waals surface area contributed by atoms with Crippen LogP contribution in [0.25, 0.3) is 0 Å². The van der Waals surface area contributed by atoms with Crippen molar-refractivity contribution in [1.82, 2.24) is 0 Å². The molecule has 0 bridgehead atoms. The van der Waals surface area contributed by atoms with Crippen molar-refractivity contribution in [2.45, 2.75) is 45.6 Å². The van der Waals surface area contributed by atoms with Gasteiger partial charge in [0.25, 0.3) is 0 Å². The molecule has 0 aromatic heterocycles. The lowest BCUT2D eigenvalue weighted by molar-refractivity contribution is -0.874. The van der Waals surface area contributed by atoms with Crippen molar-refractivity contribution in [3.63, 3.8) is 0 Å². The standard InChI is InChI=1S/C16H32NO5/c1-7-10-11-12-22-16(13-17(4,5)6,14(18)20-8-2)15(19)21-9-3/h7-13H2,1-6H3/q+1. The van der Waals surface area contributed by atoms with Crippen LogP contribution in [0.4, 0.5) is 0 Å². The first-order valence-electron chi connectivity index (χ1n) is 8.02. The van der Waals surface area contributed by atoms with Crippen LogP contribution in [0.15, 0.2) is 0 Å². The van der Waals surface area contributed by atoms with Crippen molar-refractivity contribution >= 4 is 11.9 Å². The Labute approximate surface area is 134 Å². The van der Waals surface area contributed by atoms with Gasteiger partial charge < -0.3 is 18.7 Å². The fourth-order valence-electron chi connectivity index (χ4n) is 2.14. The van der Waals surface area contributed by atoms with Crippen molar-refractivity contribution in [1.29, 1.82) is 0 Å². The molecular formula is C16H32NO5+. The molecule has 0 aliphatic heterocycles. The lowest BCUT2D eigenvalue weighted by atomic mass is 10.0. The molecule has 0 fully saturated rings. The number of likely N-dealkylation sites (N-methyl/N-ethyl adjacent to an activating group) is 1. The highest BCUT2D eigenvalue weighted by molar-refractivity contribution is 6.04.